The summed E-state index contributed by atoms with van der Waals surface area (Å²) in [6.07, 6.45) is 0.580. The molecule has 1 unspecified atom stereocenters. The molecule has 0 aliphatic carbocycles. The van der Waals surface area contributed by atoms with Gasteiger partial charge < -0.3 is 11.1 Å². The molecule has 0 saturated carbocycles. The molecule has 1 aliphatic rings. The first-order chi connectivity index (χ1) is 9.81. The predicted molar refractivity (Wildman–Crippen MR) is 78.9 cm³/mol. The summed E-state index contributed by atoms with van der Waals surface area (Å²) in [6.45, 7) is 3.98. The van der Waals surface area contributed by atoms with Crippen LogP contribution in [-0.2, 0) is 4.79 Å². The second-order valence-electron chi connectivity index (χ2n) is 5.65. The van der Waals surface area contributed by atoms with Gasteiger partial charge in [0.25, 0.3) is 11.8 Å². The van der Waals surface area contributed by atoms with Gasteiger partial charge in [-0.15, -0.1) is 0 Å². The van der Waals surface area contributed by atoms with E-state index in [4.69, 9.17) is 5.73 Å². The van der Waals surface area contributed by atoms with Crippen molar-refractivity contribution in [3.05, 3.63) is 29.3 Å². The minimum Gasteiger partial charge on any atom is -0.325 e. The first kappa shape index (κ1) is 15.2. The average Bonchev–Trinajstić information content (AvgIpc) is 2.63. The average molecular weight is 289 g/mol. The van der Waals surface area contributed by atoms with Crippen molar-refractivity contribution in [2.24, 2.45) is 11.7 Å². The SMILES string of the molecule is CC(C)CC(N)C(=O)Nc1ccc2c(c1)C(=O)N(C)C2=O. The fraction of sp³-hybridized carbons (Fsp3) is 0.400. The number of benzene rings is 1. The van der Waals surface area contributed by atoms with E-state index in [9.17, 15) is 14.4 Å². The van der Waals surface area contributed by atoms with E-state index in [1.807, 2.05) is 13.8 Å². The largest absolute Gasteiger partial charge is 0.325 e. The van der Waals surface area contributed by atoms with E-state index in [1.54, 1.807) is 12.1 Å². The van der Waals surface area contributed by atoms with Crippen LogP contribution in [0.4, 0.5) is 5.69 Å². The number of amides is 3. The Morgan fingerprint density at radius 3 is 2.48 bits per heavy atom. The molecule has 2 rings (SSSR count). The van der Waals surface area contributed by atoms with Crippen LogP contribution in [-0.4, -0.2) is 35.7 Å². The van der Waals surface area contributed by atoms with Crippen molar-refractivity contribution in [1.82, 2.24) is 4.90 Å². The summed E-state index contributed by atoms with van der Waals surface area (Å²) in [5.41, 5.74) is 6.93. The van der Waals surface area contributed by atoms with Crippen LogP contribution in [0.1, 0.15) is 41.0 Å². The number of fused-ring (bicyclic) bond motifs is 1. The van der Waals surface area contributed by atoms with Gasteiger partial charge in [-0.1, -0.05) is 13.8 Å². The van der Waals surface area contributed by atoms with Gasteiger partial charge in [-0.25, -0.2) is 0 Å². The van der Waals surface area contributed by atoms with E-state index in [-0.39, 0.29) is 17.7 Å². The van der Waals surface area contributed by atoms with Gasteiger partial charge in [0, 0.05) is 12.7 Å². The number of nitrogens with two attached hydrogens (primary N) is 1. The van der Waals surface area contributed by atoms with Gasteiger partial charge in [-0.2, -0.15) is 0 Å². The maximum absolute atomic E-state index is 12.0. The summed E-state index contributed by atoms with van der Waals surface area (Å²) in [6, 6.07) is 4.06. The number of rotatable bonds is 4. The molecule has 1 heterocycles. The molecule has 0 fully saturated rings. The highest BCUT2D eigenvalue weighted by Gasteiger charge is 2.32. The number of carbonyl (C=O) groups is 3. The monoisotopic (exact) mass is 289 g/mol. The molecule has 6 nitrogen and oxygen atoms in total. The fourth-order valence-corrected chi connectivity index (χ4v) is 2.29. The molecule has 1 atom stereocenters. The van der Waals surface area contributed by atoms with Gasteiger partial charge in [0.05, 0.1) is 17.2 Å². The maximum atomic E-state index is 12.0. The van der Waals surface area contributed by atoms with Crippen molar-refractivity contribution in [3.63, 3.8) is 0 Å². The van der Waals surface area contributed by atoms with E-state index in [0.29, 0.717) is 29.2 Å². The van der Waals surface area contributed by atoms with Crippen LogP contribution in [0.15, 0.2) is 18.2 Å². The Bertz CT molecular complexity index is 610. The van der Waals surface area contributed by atoms with Gasteiger partial charge in [-0.3, -0.25) is 19.3 Å². The van der Waals surface area contributed by atoms with E-state index in [1.165, 1.54) is 13.1 Å². The first-order valence-corrected chi connectivity index (χ1v) is 6.84. The van der Waals surface area contributed by atoms with Gasteiger partial charge >= 0.3 is 0 Å². The van der Waals surface area contributed by atoms with Gasteiger partial charge in [0.2, 0.25) is 5.91 Å². The third kappa shape index (κ3) is 2.95. The minimum absolute atomic E-state index is 0.297. The van der Waals surface area contributed by atoms with Crippen LogP contribution < -0.4 is 11.1 Å². The van der Waals surface area contributed by atoms with E-state index in [0.717, 1.165) is 4.90 Å². The van der Waals surface area contributed by atoms with E-state index < -0.39 is 6.04 Å². The van der Waals surface area contributed by atoms with Gasteiger partial charge in [0.1, 0.15) is 0 Å². The standard InChI is InChI=1S/C15H19N3O3/c1-8(2)6-12(16)13(19)17-9-4-5-10-11(7-9)15(21)18(3)14(10)20/h4-5,7-8,12H,6,16H2,1-3H3,(H,17,19). The molecule has 3 amide bonds. The summed E-state index contributed by atoms with van der Waals surface area (Å²) in [7, 11) is 1.43. The number of carbonyl (C=O) groups excluding carboxylic acids is 3. The quantitative estimate of drug-likeness (QED) is 0.815. The number of imide groups is 1. The molecule has 0 aromatic heterocycles. The number of anilines is 1. The predicted octanol–water partition coefficient (Wildman–Crippen LogP) is 1.22. The highest BCUT2D eigenvalue weighted by Crippen LogP contribution is 2.24. The lowest BCUT2D eigenvalue weighted by molar-refractivity contribution is -0.117. The molecule has 0 saturated heterocycles. The molecule has 0 spiro atoms. The van der Waals surface area contributed by atoms with Crippen LogP contribution in [0.25, 0.3) is 0 Å². The Kier molecular flexibility index (Phi) is 4.09. The molecular formula is C15H19N3O3. The Labute approximate surface area is 123 Å². The zero-order valence-electron chi connectivity index (χ0n) is 12.3. The molecule has 1 aromatic carbocycles. The molecular weight excluding hydrogens is 270 g/mol. The van der Waals surface area contributed by atoms with Crippen molar-refractivity contribution in [2.75, 3.05) is 12.4 Å². The molecule has 0 bridgehead atoms. The lowest BCUT2D eigenvalue weighted by Crippen LogP contribution is -2.36. The second kappa shape index (κ2) is 5.65. The number of nitrogens with one attached hydrogen (secondary N) is 1. The van der Waals surface area contributed by atoms with E-state index >= 15 is 0 Å². The Hall–Kier alpha value is -2.21. The minimum atomic E-state index is -0.599. The summed E-state index contributed by atoms with van der Waals surface area (Å²) in [4.78, 5) is 36.7. The third-order valence-electron chi connectivity index (χ3n) is 3.42. The van der Waals surface area contributed by atoms with Crippen molar-refractivity contribution in [1.29, 1.82) is 0 Å². The normalized spacial score (nSPS) is 15.4. The van der Waals surface area contributed by atoms with Crippen molar-refractivity contribution < 1.29 is 14.4 Å². The summed E-state index contributed by atoms with van der Waals surface area (Å²) in [5.74, 6) is -0.672. The lowest BCUT2D eigenvalue weighted by Gasteiger charge is -2.14. The molecule has 3 N–H and O–H groups in total. The summed E-state index contributed by atoms with van der Waals surface area (Å²) >= 11 is 0. The Balaban J connectivity index is 2.16. The smallest absolute Gasteiger partial charge is 0.261 e. The zero-order chi connectivity index (χ0) is 15.7. The highest BCUT2D eigenvalue weighted by atomic mass is 16.2. The number of nitrogens with zero attached hydrogens (tertiary/aromatic N) is 1. The molecule has 0 radical (unpaired) electrons. The molecule has 1 aliphatic heterocycles. The summed E-state index contributed by atoms with van der Waals surface area (Å²) < 4.78 is 0. The van der Waals surface area contributed by atoms with Crippen molar-refractivity contribution >= 4 is 23.4 Å². The molecule has 112 valence electrons. The molecule has 1 aromatic rings. The van der Waals surface area contributed by atoms with E-state index in [2.05, 4.69) is 5.32 Å². The summed E-state index contributed by atoms with van der Waals surface area (Å²) in [5, 5.41) is 2.68. The van der Waals surface area contributed by atoms with Crippen molar-refractivity contribution in [3.8, 4) is 0 Å². The first-order valence-electron chi connectivity index (χ1n) is 6.84. The van der Waals surface area contributed by atoms with Crippen LogP contribution >= 0.6 is 0 Å². The molecule has 6 heteroatoms. The molecule has 21 heavy (non-hydrogen) atoms. The number of hydrogen-bond acceptors (Lipinski definition) is 4. The van der Waals surface area contributed by atoms with Crippen LogP contribution in [0, 0.1) is 5.92 Å². The van der Waals surface area contributed by atoms with Gasteiger partial charge in [0.15, 0.2) is 0 Å². The zero-order valence-corrected chi connectivity index (χ0v) is 12.3. The van der Waals surface area contributed by atoms with Crippen molar-refractivity contribution in [2.45, 2.75) is 26.3 Å². The Morgan fingerprint density at radius 1 is 1.24 bits per heavy atom. The second-order valence-corrected chi connectivity index (χ2v) is 5.65. The number of hydrogen-bond donors (Lipinski definition) is 2. The third-order valence-corrected chi connectivity index (χ3v) is 3.42. The fourth-order valence-electron chi connectivity index (χ4n) is 2.29. The van der Waals surface area contributed by atoms with Crippen LogP contribution in [0.5, 0.6) is 0 Å². The lowest BCUT2D eigenvalue weighted by atomic mass is 10.0. The Morgan fingerprint density at radius 2 is 1.86 bits per heavy atom. The highest BCUT2D eigenvalue weighted by molar-refractivity contribution is 6.21. The topological polar surface area (TPSA) is 92.5 Å². The van der Waals surface area contributed by atoms with Gasteiger partial charge in [-0.05, 0) is 30.5 Å². The maximum Gasteiger partial charge on any atom is 0.261 e. The van der Waals surface area contributed by atoms with Crippen LogP contribution in [0.2, 0.25) is 0 Å². The van der Waals surface area contributed by atoms with Crippen LogP contribution in [0.3, 0.4) is 0 Å².